The van der Waals surface area contributed by atoms with Crippen LogP contribution in [0, 0.1) is 0 Å². The van der Waals surface area contributed by atoms with Gasteiger partial charge in [0, 0.05) is 22.5 Å². The van der Waals surface area contributed by atoms with Gasteiger partial charge in [-0.05, 0) is 29.8 Å². The molecule has 0 fully saturated rings. The summed E-state index contributed by atoms with van der Waals surface area (Å²) in [4.78, 5) is 0.115. The van der Waals surface area contributed by atoms with E-state index in [2.05, 4.69) is 0 Å². The topological polar surface area (TPSA) is 37.4 Å². The second-order valence-electron chi connectivity index (χ2n) is 5.10. The molecule has 2 aromatic carbocycles. The predicted octanol–water partition coefficient (Wildman–Crippen LogP) is 4.31. The lowest BCUT2D eigenvalue weighted by Crippen LogP contribution is -2.29. The molecule has 0 amide bonds. The summed E-state index contributed by atoms with van der Waals surface area (Å²) in [6.45, 7) is 2.44. The Morgan fingerprint density at radius 1 is 1.10 bits per heavy atom. The van der Waals surface area contributed by atoms with Crippen LogP contribution >= 0.6 is 23.2 Å². The molecule has 2 aromatic rings. The molecule has 1 aliphatic heterocycles. The van der Waals surface area contributed by atoms with E-state index < -0.39 is 10.0 Å². The minimum absolute atomic E-state index is 0.115. The van der Waals surface area contributed by atoms with Gasteiger partial charge in [0.2, 0.25) is 0 Å². The summed E-state index contributed by atoms with van der Waals surface area (Å²) in [7, 11) is -3.67. The Kier molecular flexibility index (Phi) is 3.64. The molecule has 1 aliphatic rings. The maximum Gasteiger partial charge on any atom is 0.264 e. The maximum atomic E-state index is 12.9. The smallest absolute Gasteiger partial charge is 0.264 e. The zero-order chi connectivity index (χ0) is 15.2. The molecule has 0 spiro atoms. The highest BCUT2D eigenvalue weighted by Crippen LogP contribution is 2.39. The average molecular weight is 342 g/mol. The van der Waals surface area contributed by atoms with Crippen molar-refractivity contribution in [2.75, 3.05) is 10.8 Å². The van der Waals surface area contributed by atoms with E-state index in [1.807, 2.05) is 31.2 Å². The molecule has 0 radical (unpaired) electrons. The Morgan fingerprint density at radius 3 is 2.38 bits per heavy atom. The van der Waals surface area contributed by atoms with Crippen LogP contribution in [-0.2, 0) is 10.0 Å². The minimum atomic E-state index is -3.67. The van der Waals surface area contributed by atoms with Crippen LogP contribution in [0.5, 0.6) is 0 Å². The van der Waals surface area contributed by atoms with Gasteiger partial charge in [0.25, 0.3) is 10.0 Å². The van der Waals surface area contributed by atoms with Crippen molar-refractivity contribution in [1.82, 2.24) is 0 Å². The van der Waals surface area contributed by atoms with E-state index in [0.29, 0.717) is 16.6 Å². The summed E-state index contributed by atoms with van der Waals surface area (Å²) in [6, 6.07) is 11.9. The molecule has 1 unspecified atom stereocenters. The molecule has 0 aliphatic carbocycles. The first-order chi connectivity index (χ1) is 9.89. The minimum Gasteiger partial charge on any atom is -0.265 e. The lowest BCUT2D eigenvalue weighted by Gasteiger charge is -2.20. The molecule has 6 heteroatoms. The van der Waals surface area contributed by atoms with Crippen molar-refractivity contribution in [2.45, 2.75) is 17.7 Å². The number of para-hydroxylation sites is 1. The Hall–Kier alpha value is -1.23. The first-order valence-electron chi connectivity index (χ1n) is 6.47. The average Bonchev–Trinajstić information content (AvgIpc) is 2.76. The van der Waals surface area contributed by atoms with Gasteiger partial charge in [-0.25, -0.2) is 8.42 Å². The summed E-state index contributed by atoms with van der Waals surface area (Å²) in [5.74, 6) is 0.158. The molecular weight excluding hydrogens is 329 g/mol. The number of halogens is 2. The van der Waals surface area contributed by atoms with Crippen molar-refractivity contribution in [3.63, 3.8) is 0 Å². The molecule has 1 atom stereocenters. The molecular formula is C15H13Cl2NO2S. The SMILES string of the molecule is CC1CN(S(=O)(=O)c2cc(Cl)cc(Cl)c2)c2ccccc21. The summed E-state index contributed by atoms with van der Waals surface area (Å²) < 4.78 is 27.1. The summed E-state index contributed by atoms with van der Waals surface area (Å²) in [5, 5.41) is 0.614. The van der Waals surface area contributed by atoms with Crippen molar-refractivity contribution >= 4 is 38.9 Å². The lowest BCUT2D eigenvalue weighted by atomic mass is 10.0. The number of nitrogens with zero attached hydrogens (tertiary/aromatic N) is 1. The van der Waals surface area contributed by atoms with E-state index in [1.165, 1.54) is 22.5 Å². The van der Waals surface area contributed by atoms with Gasteiger partial charge in [-0.15, -0.1) is 0 Å². The van der Waals surface area contributed by atoms with Gasteiger partial charge in [0.1, 0.15) is 0 Å². The molecule has 0 bridgehead atoms. The van der Waals surface area contributed by atoms with Crippen LogP contribution < -0.4 is 4.31 Å². The second kappa shape index (κ2) is 5.20. The van der Waals surface area contributed by atoms with Gasteiger partial charge in [-0.3, -0.25) is 4.31 Å². The number of fused-ring (bicyclic) bond motifs is 1. The molecule has 110 valence electrons. The van der Waals surface area contributed by atoms with Crippen LogP contribution in [0.4, 0.5) is 5.69 Å². The van der Waals surface area contributed by atoms with Gasteiger partial charge in [-0.1, -0.05) is 48.3 Å². The fourth-order valence-electron chi connectivity index (χ4n) is 2.61. The fraction of sp³-hybridized carbons (Fsp3) is 0.200. The number of sulfonamides is 1. The molecule has 21 heavy (non-hydrogen) atoms. The zero-order valence-corrected chi connectivity index (χ0v) is 13.6. The van der Waals surface area contributed by atoms with Crippen LogP contribution in [0.3, 0.4) is 0 Å². The first-order valence-corrected chi connectivity index (χ1v) is 8.67. The standard InChI is InChI=1S/C15H13Cl2NO2S/c1-10-9-18(15-5-3-2-4-14(10)15)21(19,20)13-7-11(16)6-12(17)8-13/h2-8,10H,9H2,1H3. The molecule has 1 heterocycles. The molecule has 0 saturated carbocycles. The summed E-state index contributed by atoms with van der Waals surface area (Å²) >= 11 is 11.8. The van der Waals surface area contributed by atoms with Crippen molar-refractivity contribution in [3.05, 3.63) is 58.1 Å². The quantitative estimate of drug-likeness (QED) is 0.816. The summed E-state index contributed by atoms with van der Waals surface area (Å²) in [5.41, 5.74) is 1.76. The van der Waals surface area contributed by atoms with E-state index in [1.54, 1.807) is 0 Å². The van der Waals surface area contributed by atoms with E-state index in [4.69, 9.17) is 23.2 Å². The Bertz CT molecular complexity index is 785. The number of benzene rings is 2. The van der Waals surface area contributed by atoms with Crippen molar-refractivity contribution in [2.24, 2.45) is 0 Å². The van der Waals surface area contributed by atoms with Crippen LogP contribution in [0.2, 0.25) is 10.0 Å². The normalized spacial score (nSPS) is 17.9. The number of rotatable bonds is 2. The third-order valence-corrected chi connectivity index (χ3v) is 5.79. The van der Waals surface area contributed by atoms with Gasteiger partial charge in [0.05, 0.1) is 10.6 Å². The molecule has 0 saturated heterocycles. The largest absolute Gasteiger partial charge is 0.265 e. The maximum absolute atomic E-state index is 12.9. The van der Waals surface area contributed by atoms with Gasteiger partial charge in [-0.2, -0.15) is 0 Å². The molecule has 0 N–H and O–H groups in total. The Labute approximate surface area is 134 Å². The highest BCUT2D eigenvalue weighted by atomic mass is 35.5. The number of hydrogen-bond acceptors (Lipinski definition) is 2. The zero-order valence-electron chi connectivity index (χ0n) is 11.3. The van der Waals surface area contributed by atoms with Crippen LogP contribution in [0.25, 0.3) is 0 Å². The second-order valence-corrected chi connectivity index (χ2v) is 7.84. The van der Waals surface area contributed by atoms with Crippen LogP contribution in [0.15, 0.2) is 47.4 Å². The fourth-order valence-corrected chi connectivity index (χ4v) is 4.92. The van der Waals surface area contributed by atoms with Crippen molar-refractivity contribution in [3.8, 4) is 0 Å². The highest BCUT2D eigenvalue weighted by molar-refractivity contribution is 7.92. The lowest BCUT2D eigenvalue weighted by molar-refractivity contribution is 0.590. The molecule has 3 rings (SSSR count). The third kappa shape index (κ3) is 2.52. The first kappa shape index (κ1) is 14.7. The van der Waals surface area contributed by atoms with Crippen molar-refractivity contribution in [1.29, 1.82) is 0 Å². The third-order valence-electron chi connectivity index (χ3n) is 3.60. The van der Waals surface area contributed by atoms with E-state index in [0.717, 1.165) is 11.3 Å². The van der Waals surface area contributed by atoms with Gasteiger partial charge < -0.3 is 0 Å². The van der Waals surface area contributed by atoms with E-state index in [-0.39, 0.29) is 10.8 Å². The van der Waals surface area contributed by atoms with E-state index in [9.17, 15) is 8.42 Å². The van der Waals surface area contributed by atoms with E-state index >= 15 is 0 Å². The monoisotopic (exact) mass is 341 g/mol. The van der Waals surface area contributed by atoms with Gasteiger partial charge in [0.15, 0.2) is 0 Å². The highest BCUT2D eigenvalue weighted by Gasteiger charge is 2.34. The van der Waals surface area contributed by atoms with Crippen LogP contribution in [-0.4, -0.2) is 15.0 Å². The number of hydrogen-bond donors (Lipinski definition) is 0. The summed E-state index contributed by atoms with van der Waals surface area (Å²) in [6.07, 6.45) is 0. The molecule has 3 nitrogen and oxygen atoms in total. The Morgan fingerprint density at radius 2 is 1.71 bits per heavy atom. The molecule has 0 aromatic heterocycles. The van der Waals surface area contributed by atoms with Crippen LogP contribution in [0.1, 0.15) is 18.4 Å². The number of anilines is 1. The Balaban J connectivity index is 2.12. The van der Waals surface area contributed by atoms with Gasteiger partial charge >= 0.3 is 0 Å². The predicted molar refractivity (Wildman–Crippen MR) is 85.9 cm³/mol. The van der Waals surface area contributed by atoms with Crippen molar-refractivity contribution < 1.29 is 8.42 Å².